The third-order valence-electron chi connectivity index (χ3n) is 5.42. The molecule has 0 saturated carbocycles. The molecule has 1 amide bonds. The molecule has 3 heterocycles. The van der Waals surface area contributed by atoms with Crippen LogP contribution >= 0.6 is 0 Å². The number of nitrogens with zero attached hydrogens (tertiary/aromatic N) is 5. The molecule has 4 rings (SSSR count). The third-order valence-corrected chi connectivity index (χ3v) is 5.42. The maximum absolute atomic E-state index is 13.3. The molecule has 7 nitrogen and oxygen atoms in total. The summed E-state index contributed by atoms with van der Waals surface area (Å²) in [5, 5.41) is 5.28. The second kappa shape index (κ2) is 7.73. The summed E-state index contributed by atoms with van der Waals surface area (Å²) in [6.45, 7) is 9.04. The van der Waals surface area contributed by atoms with Crippen LogP contribution in [0.4, 0.5) is 5.69 Å². The largest absolute Gasteiger partial charge is 0.497 e. The second-order valence-corrected chi connectivity index (χ2v) is 7.71. The number of ether oxygens (including phenoxy) is 1. The quantitative estimate of drug-likeness (QED) is 0.681. The molecule has 0 spiro atoms. The van der Waals surface area contributed by atoms with Gasteiger partial charge < -0.3 is 14.5 Å². The number of pyridine rings is 1. The summed E-state index contributed by atoms with van der Waals surface area (Å²) in [5.41, 5.74) is 3.45. The van der Waals surface area contributed by atoms with Gasteiger partial charge in [-0.2, -0.15) is 5.10 Å². The maximum Gasteiger partial charge on any atom is 0.254 e. The van der Waals surface area contributed by atoms with E-state index in [1.165, 1.54) is 0 Å². The molecule has 1 fully saturated rings. The van der Waals surface area contributed by atoms with Gasteiger partial charge in [0.2, 0.25) is 0 Å². The highest BCUT2D eigenvalue weighted by Gasteiger charge is 2.25. The predicted octanol–water partition coefficient (Wildman–Crippen LogP) is 3.29. The van der Waals surface area contributed by atoms with Crippen LogP contribution < -0.4 is 9.64 Å². The Hall–Kier alpha value is -3.09. The first-order valence-corrected chi connectivity index (χ1v) is 10.0. The van der Waals surface area contributed by atoms with Crippen molar-refractivity contribution in [2.75, 3.05) is 38.2 Å². The fourth-order valence-corrected chi connectivity index (χ4v) is 3.83. The Morgan fingerprint density at radius 3 is 2.41 bits per heavy atom. The van der Waals surface area contributed by atoms with Crippen LogP contribution in [0.3, 0.4) is 0 Å². The van der Waals surface area contributed by atoms with Crippen molar-refractivity contribution in [3.05, 3.63) is 47.8 Å². The van der Waals surface area contributed by atoms with Crippen molar-refractivity contribution < 1.29 is 9.53 Å². The van der Waals surface area contributed by atoms with E-state index >= 15 is 0 Å². The van der Waals surface area contributed by atoms with Crippen LogP contribution in [0.5, 0.6) is 5.75 Å². The van der Waals surface area contributed by atoms with Gasteiger partial charge in [0.15, 0.2) is 5.65 Å². The average Bonchev–Trinajstić information content (AvgIpc) is 3.17. The Labute approximate surface area is 170 Å². The summed E-state index contributed by atoms with van der Waals surface area (Å²) in [4.78, 5) is 22.2. The van der Waals surface area contributed by atoms with Crippen molar-refractivity contribution in [3.63, 3.8) is 0 Å². The number of piperazine rings is 1. The highest BCUT2D eigenvalue weighted by atomic mass is 16.5. The topological polar surface area (TPSA) is 63.5 Å². The number of hydrogen-bond donors (Lipinski definition) is 0. The summed E-state index contributed by atoms with van der Waals surface area (Å²) in [5.74, 6) is 0.903. The molecule has 29 heavy (non-hydrogen) atoms. The van der Waals surface area contributed by atoms with Gasteiger partial charge in [0.05, 0.1) is 24.3 Å². The Kier molecular flexibility index (Phi) is 5.13. The predicted molar refractivity (Wildman–Crippen MR) is 114 cm³/mol. The van der Waals surface area contributed by atoms with Crippen molar-refractivity contribution in [3.8, 4) is 5.75 Å². The summed E-state index contributed by atoms with van der Waals surface area (Å²) in [6.07, 6.45) is 1.77. The number of aromatic nitrogens is 3. The Morgan fingerprint density at radius 1 is 1.10 bits per heavy atom. The standard InChI is InChI=1S/C22H27N5O2/c1-15(2)27-21-20(14-23-27)19(13-16(3)24-21)22(28)26-11-9-25(10-12-26)17-5-7-18(29-4)8-6-17/h5-8,13-15H,9-12H2,1-4H3. The highest BCUT2D eigenvalue weighted by molar-refractivity contribution is 6.05. The van der Waals surface area contributed by atoms with Crippen LogP contribution in [0, 0.1) is 6.92 Å². The van der Waals surface area contributed by atoms with Crippen molar-refractivity contribution in [1.29, 1.82) is 0 Å². The lowest BCUT2D eigenvalue weighted by Crippen LogP contribution is -2.48. The molecule has 0 radical (unpaired) electrons. The number of anilines is 1. The molecule has 1 aromatic carbocycles. The molecule has 1 aliphatic heterocycles. The van der Waals surface area contributed by atoms with Crippen LogP contribution in [0.2, 0.25) is 0 Å². The first kappa shape index (κ1) is 19.2. The van der Waals surface area contributed by atoms with E-state index in [1.54, 1.807) is 13.3 Å². The number of hydrogen-bond acceptors (Lipinski definition) is 5. The molecular formula is C22H27N5O2. The smallest absolute Gasteiger partial charge is 0.254 e. The van der Waals surface area contributed by atoms with Crippen molar-refractivity contribution in [1.82, 2.24) is 19.7 Å². The van der Waals surface area contributed by atoms with Gasteiger partial charge in [0.1, 0.15) is 5.75 Å². The van der Waals surface area contributed by atoms with Gasteiger partial charge in [-0.1, -0.05) is 0 Å². The zero-order valence-corrected chi connectivity index (χ0v) is 17.4. The lowest BCUT2D eigenvalue weighted by Gasteiger charge is -2.36. The summed E-state index contributed by atoms with van der Waals surface area (Å²) in [7, 11) is 1.67. The lowest BCUT2D eigenvalue weighted by atomic mass is 10.1. The minimum absolute atomic E-state index is 0.0539. The number of benzene rings is 1. The minimum atomic E-state index is 0.0539. The van der Waals surface area contributed by atoms with Gasteiger partial charge in [-0.05, 0) is 51.1 Å². The van der Waals surface area contributed by atoms with Crippen LogP contribution in [-0.2, 0) is 0 Å². The zero-order chi connectivity index (χ0) is 20.5. The van der Waals surface area contributed by atoms with Crippen LogP contribution in [0.25, 0.3) is 11.0 Å². The second-order valence-electron chi connectivity index (χ2n) is 7.71. The van der Waals surface area contributed by atoms with Crippen LogP contribution in [0.1, 0.15) is 35.9 Å². The number of amides is 1. The molecule has 1 aliphatic rings. The number of methoxy groups -OCH3 is 1. The molecule has 0 unspecified atom stereocenters. The van der Waals surface area contributed by atoms with Crippen LogP contribution in [-0.4, -0.2) is 58.9 Å². The molecule has 7 heteroatoms. The lowest BCUT2D eigenvalue weighted by molar-refractivity contribution is 0.0748. The molecule has 152 valence electrons. The molecule has 0 aliphatic carbocycles. The molecule has 0 N–H and O–H groups in total. The summed E-state index contributed by atoms with van der Waals surface area (Å²) in [6, 6.07) is 10.1. The number of rotatable bonds is 4. The Morgan fingerprint density at radius 2 is 1.79 bits per heavy atom. The SMILES string of the molecule is COc1ccc(N2CCN(C(=O)c3cc(C)nc4c3cnn4C(C)C)CC2)cc1. The Bertz CT molecular complexity index is 1020. The van der Waals surface area contributed by atoms with Gasteiger partial charge in [-0.3, -0.25) is 4.79 Å². The number of fused-ring (bicyclic) bond motifs is 1. The van der Waals surface area contributed by atoms with Crippen LogP contribution in [0.15, 0.2) is 36.5 Å². The van der Waals surface area contributed by atoms with E-state index in [0.717, 1.165) is 41.3 Å². The van der Waals surface area contributed by atoms with Gasteiger partial charge in [-0.25, -0.2) is 9.67 Å². The fraction of sp³-hybridized carbons (Fsp3) is 0.409. The molecular weight excluding hydrogens is 366 g/mol. The van der Waals surface area contributed by atoms with Crippen molar-refractivity contribution >= 4 is 22.6 Å². The first-order valence-electron chi connectivity index (χ1n) is 10.0. The van der Waals surface area contributed by atoms with Gasteiger partial charge >= 0.3 is 0 Å². The number of carbonyl (C=O) groups is 1. The Balaban J connectivity index is 1.52. The molecule has 0 atom stereocenters. The summed E-state index contributed by atoms with van der Waals surface area (Å²) < 4.78 is 7.11. The van der Waals surface area contributed by atoms with E-state index in [0.29, 0.717) is 18.7 Å². The van der Waals surface area contributed by atoms with Crippen molar-refractivity contribution in [2.45, 2.75) is 26.8 Å². The van der Waals surface area contributed by atoms with E-state index in [4.69, 9.17) is 4.74 Å². The zero-order valence-electron chi connectivity index (χ0n) is 17.4. The summed E-state index contributed by atoms with van der Waals surface area (Å²) >= 11 is 0. The van der Waals surface area contributed by atoms with E-state index in [2.05, 4.69) is 41.0 Å². The van der Waals surface area contributed by atoms with E-state index in [9.17, 15) is 4.79 Å². The minimum Gasteiger partial charge on any atom is -0.497 e. The van der Waals surface area contributed by atoms with E-state index in [-0.39, 0.29) is 11.9 Å². The number of aryl methyl sites for hydroxylation is 1. The average molecular weight is 393 g/mol. The normalized spacial score (nSPS) is 14.7. The van der Waals surface area contributed by atoms with E-state index < -0.39 is 0 Å². The molecule has 3 aromatic rings. The fourth-order valence-electron chi connectivity index (χ4n) is 3.83. The molecule has 1 saturated heterocycles. The van der Waals surface area contributed by atoms with E-state index in [1.807, 2.05) is 34.7 Å². The molecule has 0 bridgehead atoms. The monoisotopic (exact) mass is 393 g/mol. The highest BCUT2D eigenvalue weighted by Crippen LogP contribution is 2.24. The maximum atomic E-state index is 13.3. The van der Waals surface area contributed by atoms with Gasteiger partial charge in [0.25, 0.3) is 5.91 Å². The first-order chi connectivity index (χ1) is 14.0. The van der Waals surface area contributed by atoms with Crippen molar-refractivity contribution in [2.24, 2.45) is 0 Å². The van der Waals surface area contributed by atoms with Gasteiger partial charge in [-0.15, -0.1) is 0 Å². The third kappa shape index (κ3) is 3.64. The molecule has 2 aromatic heterocycles. The van der Waals surface area contributed by atoms with Gasteiger partial charge in [0, 0.05) is 43.6 Å². The number of carbonyl (C=O) groups excluding carboxylic acids is 1.